The van der Waals surface area contributed by atoms with Crippen LogP contribution in [0.2, 0.25) is 0 Å². The molecular formula is C12H21N3O2S2. The van der Waals surface area contributed by atoms with Gasteiger partial charge >= 0.3 is 0 Å². The SMILES string of the molecule is CSCCNS(=O)(=O)c1ccc(CNC(C)C)cn1. The number of thioether (sulfide) groups is 1. The van der Waals surface area contributed by atoms with Gasteiger partial charge in [-0.25, -0.2) is 18.1 Å². The van der Waals surface area contributed by atoms with Gasteiger partial charge in [-0.15, -0.1) is 0 Å². The average Bonchev–Trinajstić information content (AvgIpc) is 2.37. The normalized spacial score (nSPS) is 12.0. The van der Waals surface area contributed by atoms with Gasteiger partial charge in [0.15, 0.2) is 5.03 Å². The fraction of sp³-hybridized carbons (Fsp3) is 0.583. The summed E-state index contributed by atoms with van der Waals surface area (Å²) < 4.78 is 26.3. The summed E-state index contributed by atoms with van der Waals surface area (Å²) in [5.74, 6) is 0.746. The highest BCUT2D eigenvalue weighted by molar-refractivity contribution is 7.98. The first-order valence-corrected chi connectivity index (χ1v) is 9.00. The third-order valence-corrected chi connectivity index (χ3v) is 4.37. The van der Waals surface area contributed by atoms with Crippen LogP contribution < -0.4 is 10.0 Å². The van der Waals surface area contributed by atoms with Crippen LogP contribution >= 0.6 is 11.8 Å². The van der Waals surface area contributed by atoms with Crippen LogP contribution in [-0.4, -0.2) is 38.0 Å². The van der Waals surface area contributed by atoms with Crippen LogP contribution in [0.1, 0.15) is 19.4 Å². The van der Waals surface area contributed by atoms with Gasteiger partial charge in [0.25, 0.3) is 10.0 Å². The molecule has 108 valence electrons. The van der Waals surface area contributed by atoms with Gasteiger partial charge in [0.2, 0.25) is 0 Å². The van der Waals surface area contributed by atoms with Gasteiger partial charge in [-0.1, -0.05) is 19.9 Å². The van der Waals surface area contributed by atoms with Gasteiger partial charge in [0.1, 0.15) is 0 Å². The number of rotatable bonds is 8. The van der Waals surface area contributed by atoms with Crippen molar-refractivity contribution in [3.8, 4) is 0 Å². The molecule has 0 aromatic carbocycles. The maximum Gasteiger partial charge on any atom is 0.258 e. The van der Waals surface area contributed by atoms with Crippen molar-refractivity contribution in [3.63, 3.8) is 0 Å². The van der Waals surface area contributed by atoms with Crippen molar-refractivity contribution in [3.05, 3.63) is 23.9 Å². The molecule has 0 aliphatic heterocycles. The van der Waals surface area contributed by atoms with E-state index >= 15 is 0 Å². The Morgan fingerprint density at radius 3 is 2.63 bits per heavy atom. The summed E-state index contributed by atoms with van der Waals surface area (Å²) in [5, 5.41) is 3.33. The van der Waals surface area contributed by atoms with E-state index in [0.717, 1.165) is 11.3 Å². The van der Waals surface area contributed by atoms with Crippen molar-refractivity contribution in [2.24, 2.45) is 0 Å². The van der Waals surface area contributed by atoms with Crippen molar-refractivity contribution in [1.82, 2.24) is 15.0 Å². The number of nitrogens with zero attached hydrogens (tertiary/aromatic N) is 1. The van der Waals surface area contributed by atoms with Crippen LogP contribution in [0.3, 0.4) is 0 Å². The maximum atomic E-state index is 11.9. The van der Waals surface area contributed by atoms with Crippen LogP contribution in [0.25, 0.3) is 0 Å². The second-order valence-electron chi connectivity index (χ2n) is 4.43. The summed E-state index contributed by atoms with van der Waals surface area (Å²) in [7, 11) is -3.48. The zero-order valence-electron chi connectivity index (χ0n) is 11.5. The van der Waals surface area contributed by atoms with E-state index in [1.807, 2.05) is 6.26 Å². The molecular weight excluding hydrogens is 282 g/mol. The number of nitrogens with one attached hydrogen (secondary N) is 2. The Morgan fingerprint density at radius 1 is 1.37 bits per heavy atom. The Kier molecular flexibility index (Phi) is 6.78. The highest BCUT2D eigenvalue weighted by Gasteiger charge is 2.14. The summed E-state index contributed by atoms with van der Waals surface area (Å²) in [6.45, 7) is 5.22. The molecule has 0 bridgehead atoms. The largest absolute Gasteiger partial charge is 0.310 e. The van der Waals surface area contributed by atoms with Gasteiger partial charge in [0, 0.05) is 31.1 Å². The fourth-order valence-electron chi connectivity index (χ4n) is 1.35. The lowest BCUT2D eigenvalue weighted by molar-refractivity contribution is 0.577. The molecule has 1 aromatic heterocycles. The summed E-state index contributed by atoms with van der Waals surface area (Å²) in [5.41, 5.74) is 0.969. The molecule has 1 heterocycles. The van der Waals surface area contributed by atoms with Crippen LogP contribution in [0, 0.1) is 0 Å². The van der Waals surface area contributed by atoms with E-state index in [4.69, 9.17) is 0 Å². The van der Waals surface area contributed by atoms with Crippen molar-refractivity contribution < 1.29 is 8.42 Å². The van der Waals surface area contributed by atoms with E-state index in [-0.39, 0.29) is 5.03 Å². The van der Waals surface area contributed by atoms with Crippen LogP contribution in [0.4, 0.5) is 0 Å². The molecule has 0 amide bonds. The van der Waals surface area contributed by atoms with Gasteiger partial charge in [-0.05, 0) is 17.9 Å². The van der Waals surface area contributed by atoms with Crippen LogP contribution in [0.5, 0.6) is 0 Å². The number of hydrogen-bond donors (Lipinski definition) is 2. The molecule has 0 fully saturated rings. The molecule has 2 N–H and O–H groups in total. The van der Waals surface area contributed by atoms with Crippen molar-refractivity contribution in [2.75, 3.05) is 18.6 Å². The Bertz CT molecular complexity index is 472. The predicted molar refractivity (Wildman–Crippen MR) is 79.8 cm³/mol. The molecule has 1 aromatic rings. The lowest BCUT2D eigenvalue weighted by Gasteiger charge is -2.09. The number of hydrogen-bond acceptors (Lipinski definition) is 5. The number of pyridine rings is 1. The minimum absolute atomic E-state index is 0.0712. The molecule has 19 heavy (non-hydrogen) atoms. The second-order valence-corrected chi connectivity index (χ2v) is 7.13. The van der Waals surface area contributed by atoms with Crippen molar-refractivity contribution in [2.45, 2.75) is 31.5 Å². The Morgan fingerprint density at radius 2 is 2.11 bits per heavy atom. The van der Waals surface area contributed by atoms with E-state index in [9.17, 15) is 8.42 Å². The van der Waals surface area contributed by atoms with Gasteiger partial charge in [0.05, 0.1) is 0 Å². The molecule has 0 aliphatic rings. The summed E-state index contributed by atoms with van der Waals surface area (Å²) in [4.78, 5) is 4.01. The van der Waals surface area contributed by atoms with Crippen molar-refractivity contribution in [1.29, 1.82) is 0 Å². The molecule has 0 radical (unpaired) electrons. The standard InChI is InChI=1S/C12H21N3O2S2/c1-10(2)13-8-11-4-5-12(14-9-11)19(16,17)15-6-7-18-3/h4-5,9-10,13,15H,6-8H2,1-3H3. The lowest BCUT2D eigenvalue weighted by Crippen LogP contribution is -2.27. The fourth-order valence-corrected chi connectivity index (χ4v) is 2.74. The van der Waals surface area contributed by atoms with E-state index < -0.39 is 10.0 Å². The van der Waals surface area contributed by atoms with E-state index in [1.54, 1.807) is 30.1 Å². The Hall–Kier alpha value is -0.630. The maximum absolute atomic E-state index is 11.9. The zero-order chi connectivity index (χ0) is 14.3. The van der Waals surface area contributed by atoms with Crippen LogP contribution in [-0.2, 0) is 16.6 Å². The first kappa shape index (κ1) is 16.4. The van der Waals surface area contributed by atoms with Gasteiger partial charge < -0.3 is 5.32 Å². The zero-order valence-corrected chi connectivity index (χ0v) is 13.1. The molecule has 0 unspecified atom stereocenters. The van der Waals surface area contributed by atoms with Crippen molar-refractivity contribution >= 4 is 21.8 Å². The van der Waals surface area contributed by atoms with E-state index in [0.29, 0.717) is 19.1 Å². The number of aromatic nitrogens is 1. The topological polar surface area (TPSA) is 71.1 Å². The number of sulfonamides is 1. The molecule has 0 aliphatic carbocycles. The first-order chi connectivity index (χ1) is 8.95. The highest BCUT2D eigenvalue weighted by atomic mass is 32.2. The third kappa shape index (κ3) is 5.90. The molecule has 0 atom stereocenters. The monoisotopic (exact) mass is 303 g/mol. The first-order valence-electron chi connectivity index (χ1n) is 6.12. The average molecular weight is 303 g/mol. The minimum atomic E-state index is -3.48. The minimum Gasteiger partial charge on any atom is -0.310 e. The van der Waals surface area contributed by atoms with E-state index in [1.165, 1.54) is 0 Å². The Balaban J connectivity index is 2.64. The summed E-state index contributed by atoms with van der Waals surface area (Å²) in [6, 6.07) is 3.71. The molecule has 7 heteroatoms. The summed E-state index contributed by atoms with van der Waals surface area (Å²) >= 11 is 1.59. The highest BCUT2D eigenvalue weighted by Crippen LogP contribution is 2.07. The summed E-state index contributed by atoms with van der Waals surface area (Å²) in [6.07, 6.45) is 3.53. The van der Waals surface area contributed by atoms with Gasteiger partial charge in [-0.2, -0.15) is 11.8 Å². The molecule has 0 saturated carbocycles. The quantitative estimate of drug-likeness (QED) is 0.707. The molecule has 1 rings (SSSR count). The molecule has 0 saturated heterocycles. The third-order valence-electron chi connectivity index (χ3n) is 2.39. The lowest BCUT2D eigenvalue weighted by atomic mass is 10.2. The molecule has 5 nitrogen and oxygen atoms in total. The van der Waals surface area contributed by atoms with Gasteiger partial charge in [-0.3, -0.25) is 0 Å². The Labute approximate surface area is 119 Å². The smallest absolute Gasteiger partial charge is 0.258 e. The second kappa shape index (κ2) is 7.84. The van der Waals surface area contributed by atoms with Crippen LogP contribution in [0.15, 0.2) is 23.4 Å². The predicted octanol–water partition coefficient (Wildman–Crippen LogP) is 1.22. The van der Waals surface area contributed by atoms with E-state index in [2.05, 4.69) is 28.9 Å². The molecule has 0 spiro atoms.